The zero-order chi connectivity index (χ0) is 9.42. The van der Waals surface area contributed by atoms with Crippen LogP contribution in [-0.4, -0.2) is 9.55 Å². The predicted molar refractivity (Wildman–Crippen MR) is 49.1 cm³/mol. The summed E-state index contributed by atoms with van der Waals surface area (Å²) in [6.45, 7) is 2.37. The molecule has 5 heteroatoms. The summed E-state index contributed by atoms with van der Waals surface area (Å²) in [5.74, 6) is 1.41. The van der Waals surface area contributed by atoms with E-state index in [1.165, 1.54) is 6.07 Å². The van der Waals surface area contributed by atoms with Crippen molar-refractivity contribution in [3.63, 3.8) is 0 Å². The van der Waals surface area contributed by atoms with Gasteiger partial charge in [-0.05, 0) is 6.92 Å². The zero-order valence-electron chi connectivity index (χ0n) is 7.24. The molecule has 0 radical (unpaired) electrons. The van der Waals surface area contributed by atoms with E-state index in [9.17, 15) is 4.79 Å². The molecule has 0 unspecified atom stereocenters. The Balaban J connectivity index is 2.59. The van der Waals surface area contributed by atoms with Crippen LogP contribution in [0.25, 0.3) is 0 Å². The van der Waals surface area contributed by atoms with Crippen molar-refractivity contribution in [2.24, 2.45) is 5.73 Å². The van der Waals surface area contributed by atoms with Crippen molar-refractivity contribution in [1.82, 2.24) is 9.55 Å². The second-order valence-corrected chi connectivity index (χ2v) is 2.98. The van der Waals surface area contributed by atoms with Crippen LogP contribution in [0.15, 0.2) is 22.8 Å². The van der Waals surface area contributed by atoms with E-state index < -0.39 is 0 Å². The fourth-order valence-corrected chi connectivity index (χ4v) is 1.34. The summed E-state index contributed by atoms with van der Waals surface area (Å²) in [6, 6.07) is 1.45. The Morgan fingerprint density at radius 1 is 1.69 bits per heavy atom. The topological polar surface area (TPSA) is 72.9 Å². The third kappa shape index (κ3) is 1.28. The van der Waals surface area contributed by atoms with Crippen LogP contribution in [-0.2, 0) is 6.54 Å². The molecule has 1 aliphatic heterocycles. The fraction of sp³-hybridized carbons (Fsp3) is 0.250. The number of rotatable bonds is 0. The summed E-state index contributed by atoms with van der Waals surface area (Å²) >= 11 is 0. The van der Waals surface area contributed by atoms with Crippen molar-refractivity contribution in [2.45, 2.75) is 13.5 Å². The minimum atomic E-state index is -0.231. The van der Waals surface area contributed by atoms with Crippen LogP contribution in [0.3, 0.4) is 0 Å². The molecule has 1 aliphatic rings. The molecule has 2 rings (SSSR count). The summed E-state index contributed by atoms with van der Waals surface area (Å²) in [5.41, 5.74) is 6.12. The number of fused-ring (bicyclic) bond motifs is 1. The van der Waals surface area contributed by atoms with Crippen LogP contribution >= 0.6 is 0 Å². The Kier molecular flexibility index (Phi) is 1.58. The predicted octanol–water partition coefficient (Wildman–Crippen LogP) is -0.223. The monoisotopic (exact) mass is 178 g/mol. The van der Waals surface area contributed by atoms with Gasteiger partial charge in [-0.3, -0.25) is 4.79 Å². The number of nitrogens with two attached hydrogens (primary N) is 1. The summed E-state index contributed by atoms with van der Waals surface area (Å²) in [5, 5.41) is 2.93. The molecule has 68 valence electrons. The first-order valence-corrected chi connectivity index (χ1v) is 3.96. The maximum absolute atomic E-state index is 11.0. The smallest absolute Gasteiger partial charge is 0.275 e. The summed E-state index contributed by atoms with van der Waals surface area (Å²) < 4.78 is 1.86. The number of allylic oxidation sites excluding steroid dienone is 1. The third-order valence-corrected chi connectivity index (χ3v) is 1.96. The van der Waals surface area contributed by atoms with Crippen LogP contribution in [0.1, 0.15) is 5.82 Å². The normalized spacial score (nSPS) is 14.4. The molecule has 0 saturated heterocycles. The van der Waals surface area contributed by atoms with Crippen molar-refractivity contribution in [2.75, 3.05) is 5.32 Å². The van der Waals surface area contributed by atoms with E-state index in [4.69, 9.17) is 5.73 Å². The van der Waals surface area contributed by atoms with Crippen molar-refractivity contribution >= 4 is 5.82 Å². The molecule has 0 bridgehead atoms. The van der Waals surface area contributed by atoms with E-state index in [1.807, 2.05) is 4.57 Å². The van der Waals surface area contributed by atoms with Crippen LogP contribution in [0.5, 0.6) is 0 Å². The molecular weight excluding hydrogens is 168 g/mol. The van der Waals surface area contributed by atoms with Gasteiger partial charge in [-0.15, -0.1) is 0 Å². The SMILES string of the molecule is Cc1nc(=O)cc2n1CC(N)=CN2. The molecule has 0 spiro atoms. The fourth-order valence-electron chi connectivity index (χ4n) is 1.34. The lowest BCUT2D eigenvalue weighted by molar-refractivity contribution is 0.701. The Morgan fingerprint density at radius 2 is 2.46 bits per heavy atom. The van der Waals surface area contributed by atoms with Gasteiger partial charge in [0.1, 0.15) is 11.6 Å². The van der Waals surface area contributed by atoms with E-state index in [0.717, 1.165) is 11.5 Å². The molecule has 0 fully saturated rings. The first-order chi connectivity index (χ1) is 6.16. The zero-order valence-corrected chi connectivity index (χ0v) is 7.24. The van der Waals surface area contributed by atoms with Crippen LogP contribution in [0.4, 0.5) is 5.82 Å². The second-order valence-electron chi connectivity index (χ2n) is 2.98. The molecule has 0 aromatic carbocycles. The summed E-state index contributed by atoms with van der Waals surface area (Å²) in [6.07, 6.45) is 1.69. The summed E-state index contributed by atoms with van der Waals surface area (Å²) in [4.78, 5) is 14.8. The van der Waals surface area contributed by atoms with Gasteiger partial charge in [-0.2, -0.15) is 4.98 Å². The molecule has 5 nitrogen and oxygen atoms in total. The molecule has 0 saturated carbocycles. The van der Waals surface area contributed by atoms with E-state index >= 15 is 0 Å². The van der Waals surface area contributed by atoms with Gasteiger partial charge in [0, 0.05) is 18.0 Å². The first kappa shape index (κ1) is 7.85. The largest absolute Gasteiger partial charge is 0.399 e. The second kappa shape index (κ2) is 2.62. The van der Waals surface area contributed by atoms with Gasteiger partial charge in [-0.25, -0.2) is 0 Å². The average molecular weight is 178 g/mol. The van der Waals surface area contributed by atoms with Crippen LogP contribution < -0.4 is 16.6 Å². The van der Waals surface area contributed by atoms with Gasteiger partial charge in [0.15, 0.2) is 0 Å². The maximum atomic E-state index is 11.0. The van der Waals surface area contributed by atoms with Gasteiger partial charge < -0.3 is 15.6 Å². The lowest BCUT2D eigenvalue weighted by atomic mass is 10.3. The Labute approximate surface area is 74.9 Å². The van der Waals surface area contributed by atoms with Crippen molar-refractivity contribution in [3.05, 3.63) is 34.1 Å². The minimum Gasteiger partial charge on any atom is -0.399 e. The van der Waals surface area contributed by atoms with E-state index in [1.54, 1.807) is 13.1 Å². The third-order valence-electron chi connectivity index (χ3n) is 1.96. The number of nitrogens with zero attached hydrogens (tertiary/aromatic N) is 2. The highest BCUT2D eigenvalue weighted by molar-refractivity contribution is 5.42. The molecule has 13 heavy (non-hydrogen) atoms. The number of anilines is 1. The Bertz CT molecular complexity index is 432. The van der Waals surface area contributed by atoms with Crippen molar-refractivity contribution < 1.29 is 0 Å². The molecular formula is C8H10N4O. The first-order valence-electron chi connectivity index (χ1n) is 3.96. The quantitative estimate of drug-likeness (QED) is 0.576. The van der Waals surface area contributed by atoms with Crippen molar-refractivity contribution in [3.8, 4) is 0 Å². The lowest BCUT2D eigenvalue weighted by Gasteiger charge is -2.19. The number of aryl methyl sites for hydroxylation is 1. The number of hydrogen-bond donors (Lipinski definition) is 2. The van der Waals surface area contributed by atoms with E-state index in [-0.39, 0.29) is 5.56 Å². The average Bonchev–Trinajstić information content (AvgIpc) is 2.06. The minimum absolute atomic E-state index is 0.231. The molecule has 0 atom stereocenters. The van der Waals surface area contributed by atoms with Gasteiger partial charge in [-0.1, -0.05) is 0 Å². The highest BCUT2D eigenvalue weighted by Crippen LogP contribution is 2.12. The molecule has 2 heterocycles. The number of hydrogen-bond acceptors (Lipinski definition) is 4. The van der Waals surface area contributed by atoms with Gasteiger partial charge in [0.2, 0.25) is 0 Å². The van der Waals surface area contributed by atoms with Crippen LogP contribution in [0, 0.1) is 6.92 Å². The number of nitrogens with one attached hydrogen (secondary N) is 1. The lowest BCUT2D eigenvalue weighted by Crippen LogP contribution is -2.24. The molecule has 1 aromatic heterocycles. The van der Waals surface area contributed by atoms with Crippen LogP contribution in [0.2, 0.25) is 0 Å². The molecule has 1 aromatic rings. The van der Waals surface area contributed by atoms with E-state index in [0.29, 0.717) is 12.4 Å². The van der Waals surface area contributed by atoms with Crippen molar-refractivity contribution in [1.29, 1.82) is 0 Å². The molecule has 0 amide bonds. The van der Waals surface area contributed by atoms with E-state index in [2.05, 4.69) is 10.3 Å². The van der Waals surface area contributed by atoms with Gasteiger partial charge in [0.05, 0.1) is 6.54 Å². The Morgan fingerprint density at radius 3 is 3.23 bits per heavy atom. The highest BCUT2D eigenvalue weighted by Gasteiger charge is 2.09. The van der Waals surface area contributed by atoms with Gasteiger partial charge >= 0.3 is 0 Å². The standard InChI is InChI=1S/C8H10N4O/c1-5-11-8(13)2-7-10-3-6(9)4-12(5)7/h2-3,10H,4,9H2,1H3. The van der Waals surface area contributed by atoms with Gasteiger partial charge in [0.25, 0.3) is 5.56 Å². The summed E-state index contributed by atoms with van der Waals surface area (Å²) in [7, 11) is 0. The maximum Gasteiger partial charge on any atom is 0.275 e. The molecule has 3 N–H and O–H groups in total. The number of aromatic nitrogens is 2. The highest BCUT2D eigenvalue weighted by atomic mass is 16.1. The Hall–Kier alpha value is -1.78. The molecule has 0 aliphatic carbocycles.